The van der Waals surface area contributed by atoms with Crippen LogP contribution in [0.25, 0.3) is 33.4 Å². The fourth-order valence-corrected chi connectivity index (χ4v) is 14.5. The molecule has 0 fully saturated rings. The third-order valence-corrected chi connectivity index (χ3v) is 23.0. The predicted molar refractivity (Wildman–Crippen MR) is 581 cm³/mol. The van der Waals surface area contributed by atoms with Crippen LogP contribution >= 0.6 is 23.2 Å². The van der Waals surface area contributed by atoms with Gasteiger partial charge in [-0.05, 0) is 254 Å². The number of hydrogen-bond acceptors (Lipinski definition) is 10. The number of hydrogen-bond donors (Lipinski definition) is 2. The van der Waals surface area contributed by atoms with E-state index in [0.29, 0.717) is 53.7 Å². The van der Waals surface area contributed by atoms with Crippen LogP contribution in [0.5, 0.6) is 57.5 Å². The molecule has 0 aliphatic rings. The third-order valence-electron chi connectivity index (χ3n) is 22.5. The van der Waals surface area contributed by atoms with Gasteiger partial charge in [-0.1, -0.05) is 408 Å². The van der Waals surface area contributed by atoms with Crippen molar-refractivity contribution in [3.63, 3.8) is 0 Å². The summed E-state index contributed by atoms with van der Waals surface area (Å²) in [7, 11) is 6.70. The first-order chi connectivity index (χ1) is 64.3. The minimum absolute atomic E-state index is 0.0439. The van der Waals surface area contributed by atoms with Crippen molar-refractivity contribution in [1.82, 2.24) is 0 Å². The van der Waals surface area contributed by atoms with E-state index in [2.05, 4.69) is 348 Å². The normalized spacial score (nSPS) is 11.4. The lowest BCUT2D eigenvalue weighted by Gasteiger charge is -2.21. The summed E-state index contributed by atoms with van der Waals surface area (Å²) in [6.45, 7) is 56.5. The highest BCUT2D eigenvalue weighted by atomic mass is 35.5. The van der Waals surface area contributed by atoms with E-state index >= 15 is 0 Å². The molecule has 0 aromatic heterocycles. The molecule has 2 N–H and O–H groups in total. The lowest BCUT2D eigenvalue weighted by molar-refractivity contribution is 0.217. The summed E-state index contributed by atoms with van der Waals surface area (Å²) in [5, 5.41) is 19.9. The SMILES string of the molecule is CC(C)(C)c1cc(O)cc(-c2ccccc2)c1.CC(C)(C)c1ccc(O)cc1.CC(C)(C)c1cccc(-c2ccccc2)c1.CC(C)(C)c1cccc(OCc2ccccc2)c1.COc1cc(-c2ccccc2)cc(C(C)(C)C)c1.COc1cc(COc2cccc(C(C)(C)C)c2)cc(OC)c1.COc1ccc(C(C)(C)C)cc1.Cc1cc(Cl)c(OCCOc2ccc(C(C)(C)C)cc2)c(Cl)c1. The van der Waals surface area contributed by atoms with Crippen LogP contribution < -0.4 is 37.9 Å². The summed E-state index contributed by atoms with van der Waals surface area (Å²) in [5.74, 6) is 7.16. The molecule has 14 aromatic rings. The molecule has 137 heavy (non-hydrogen) atoms. The van der Waals surface area contributed by atoms with Crippen molar-refractivity contribution in [2.45, 2.75) is 230 Å². The monoisotopic (exact) mass is 1880 g/mol. The molecule has 0 unspecified atom stereocenters. The number of halogens is 2. The summed E-state index contributed by atoms with van der Waals surface area (Å²) in [6, 6.07) is 112. The molecule has 0 spiro atoms. The van der Waals surface area contributed by atoms with E-state index in [1.54, 1.807) is 40.6 Å². The van der Waals surface area contributed by atoms with Crippen molar-refractivity contribution in [3.05, 3.63) is 405 Å². The summed E-state index contributed by atoms with van der Waals surface area (Å²) in [6.07, 6.45) is 0. The predicted octanol–water partition coefficient (Wildman–Crippen LogP) is 34.6. The molecule has 0 radical (unpaired) electrons. The van der Waals surface area contributed by atoms with E-state index in [1.165, 1.54) is 66.8 Å². The first-order valence-electron chi connectivity index (χ1n) is 47.1. The Labute approximate surface area is 832 Å². The molecule has 0 bridgehead atoms. The van der Waals surface area contributed by atoms with Gasteiger partial charge in [-0.15, -0.1) is 0 Å². The van der Waals surface area contributed by atoms with Crippen LogP contribution in [0.4, 0.5) is 0 Å². The first-order valence-corrected chi connectivity index (χ1v) is 47.9. The zero-order valence-electron chi connectivity index (χ0n) is 87.0. The largest absolute Gasteiger partial charge is 0.508 e. The average molecular weight is 1890 g/mol. The van der Waals surface area contributed by atoms with Gasteiger partial charge in [-0.2, -0.15) is 0 Å². The standard InChI is InChI=1S/C19H22Cl2O2.C19H24O3.2C17H20O.C16H18O.C16H18.C11H16O.C10H14O/c1-13-11-16(20)18(17(21)12-13)23-10-9-22-15-7-5-14(6-8-15)19(2,3)4;1-19(2,3)15-7-6-8-16(11-15)22-13-14-9-17(20-4)12-18(10-14)21-5;1-17(2,3)15-10-14(11-16(12-15)18-4)13-8-6-5-7-9-13;1-17(2,3)15-10-7-11-16(12-15)18-13-14-8-5-4-6-9-14;1-16(2,3)14-9-13(10-15(17)11-14)12-7-5-4-6-8-12;1-16(2,3)15-11-7-10-14(12-15)13-8-5-4-6-9-13;1-11(2,3)9-5-7-10(12-4)8-6-9;1-10(2,3)8-4-6-9(11)7-5-8/h5-8,11-12H,9-10H2,1-4H3;6-12H,13H2,1-5H3;5-12H,1-4H3;4-12H,13H2,1-3H3;4-11,17H,1-3H3;4-12H,1-3H3;5-8H,1-4H3;4-7,11H,1-3H3. The molecule has 14 aromatic carbocycles. The molecule has 726 valence electrons. The number of benzene rings is 14. The Kier molecular flexibility index (Phi) is 42.2. The van der Waals surface area contributed by atoms with E-state index in [1.807, 2.05) is 146 Å². The highest BCUT2D eigenvalue weighted by molar-refractivity contribution is 6.37. The number of phenols is 2. The van der Waals surface area contributed by atoms with Gasteiger partial charge in [0.25, 0.3) is 0 Å². The van der Waals surface area contributed by atoms with Crippen molar-refractivity contribution in [2.75, 3.05) is 41.7 Å². The zero-order chi connectivity index (χ0) is 101. The summed E-state index contributed by atoms with van der Waals surface area (Å²) in [5.41, 5.74) is 21.9. The Bertz CT molecular complexity index is 5870. The Hall–Kier alpha value is -12.3. The lowest BCUT2D eigenvalue weighted by atomic mass is 9.85. The first kappa shape index (κ1) is 112. The number of aryl methyl sites for hydroxylation is 1. The summed E-state index contributed by atoms with van der Waals surface area (Å²) >= 11 is 12.3. The number of methoxy groups -OCH3 is 4. The van der Waals surface area contributed by atoms with Crippen molar-refractivity contribution in [1.29, 1.82) is 0 Å². The molecule has 0 aliphatic heterocycles. The quantitative estimate of drug-likeness (QED) is 0.0805. The number of aromatic hydroxyl groups is 2. The molecule has 0 saturated carbocycles. The van der Waals surface area contributed by atoms with Crippen LogP contribution in [0.2, 0.25) is 10.0 Å². The second kappa shape index (κ2) is 51.7. The molecule has 10 nitrogen and oxygen atoms in total. The molecule has 0 atom stereocenters. The fraction of sp³-hybridized carbons (Fsp3) is 0.328. The minimum atomic E-state index is 0.0439. The van der Waals surface area contributed by atoms with Gasteiger partial charge in [-0.3, -0.25) is 0 Å². The van der Waals surface area contributed by atoms with Crippen molar-refractivity contribution < 1.29 is 48.1 Å². The van der Waals surface area contributed by atoms with Crippen molar-refractivity contribution in [2.24, 2.45) is 0 Å². The van der Waals surface area contributed by atoms with Crippen LogP contribution in [-0.2, 0) is 56.5 Å². The van der Waals surface area contributed by atoms with Gasteiger partial charge in [0.15, 0.2) is 5.75 Å². The maximum absolute atomic E-state index is 9.82. The van der Waals surface area contributed by atoms with Crippen LogP contribution in [0, 0.1) is 6.92 Å². The van der Waals surface area contributed by atoms with Gasteiger partial charge in [-0.25, -0.2) is 0 Å². The molecule has 14 rings (SSSR count). The molecule has 0 aliphatic carbocycles. The lowest BCUT2D eigenvalue weighted by Crippen LogP contribution is -2.11. The maximum Gasteiger partial charge on any atom is 0.156 e. The highest BCUT2D eigenvalue weighted by Gasteiger charge is 2.22. The van der Waals surface area contributed by atoms with Crippen LogP contribution in [0.3, 0.4) is 0 Å². The van der Waals surface area contributed by atoms with Gasteiger partial charge in [0.1, 0.15) is 78.2 Å². The maximum atomic E-state index is 9.82. The van der Waals surface area contributed by atoms with Gasteiger partial charge in [0.2, 0.25) is 0 Å². The zero-order valence-corrected chi connectivity index (χ0v) is 88.5. The van der Waals surface area contributed by atoms with E-state index in [0.717, 1.165) is 68.1 Å². The molecule has 12 heteroatoms. The topological polar surface area (TPSA) is 114 Å². The van der Waals surface area contributed by atoms with Crippen LogP contribution in [0.15, 0.2) is 334 Å². The summed E-state index contributed by atoms with van der Waals surface area (Å²) < 4.78 is 44.1. The third kappa shape index (κ3) is 39.0. The van der Waals surface area contributed by atoms with Gasteiger partial charge < -0.3 is 48.1 Å². The molecular weight excluding hydrogens is 1730 g/mol. The van der Waals surface area contributed by atoms with Crippen LogP contribution in [-0.4, -0.2) is 51.9 Å². The second-order valence-electron chi connectivity index (χ2n) is 42.3. The van der Waals surface area contributed by atoms with Crippen molar-refractivity contribution in [3.8, 4) is 90.9 Å². The molecule has 0 heterocycles. The van der Waals surface area contributed by atoms with E-state index in [9.17, 15) is 5.11 Å². The van der Waals surface area contributed by atoms with E-state index < -0.39 is 0 Å². The number of phenolic OH excluding ortho intramolecular Hbond substituents is 2. The van der Waals surface area contributed by atoms with E-state index in [-0.39, 0.29) is 43.3 Å². The van der Waals surface area contributed by atoms with Crippen LogP contribution in [0.1, 0.15) is 227 Å². The smallest absolute Gasteiger partial charge is 0.156 e. The number of ether oxygens (including phenoxy) is 8. The van der Waals surface area contributed by atoms with Crippen molar-refractivity contribution >= 4 is 23.2 Å². The second-order valence-corrected chi connectivity index (χ2v) is 43.1. The minimum Gasteiger partial charge on any atom is -0.508 e. The average Bonchev–Trinajstić information content (AvgIpc) is 0.816. The van der Waals surface area contributed by atoms with Gasteiger partial charge in [0.05, 0.1) is 38.5 Å². The Morgan fingerprint density at radius 3 is 0.912 bits per heavy atom. The highest BCUT2D eigenvalue weighted by Crippen LogP contribution is 2.39. The fourth-order valence-electron chi connectivity index (χ4n) is 13.8. The molecular formula is C125H152Cl2O10. The Balaban J connectivity index is 0.000000215. The van der Waals surface area contributed by atoms with Gasteiger partial charge >= 0.3 is 0 Å². The molecule has 0 saturated heterocycles. The Morgan fingerprint density at radius 2 is 0.518 bits per heavy atom. The van der Waals surface area contributed by atoms with Gasteiger partial charge in [0, 0.05) is 6.07 Å². The van der Waals surface area contributed by atoms with E-state index in [4.69, 9.17) is 66.2 Å². The number of rotatable bonds is 18. The molecule has 0 amide bonds. The summed E-state index contributed by atoms with van der Waals surface area (Å²) in [4.78, 5) is 0. The Morgan fingerprint density at radius 1 is 0.212 bits per heavy atom.